The summed E-state index contributed by atoms with van der Waals surface area (Å²) in [5.74, 6) is -2.96. The van der Waals surface area contributed by atoms with Crippen molar-refractivity contribution in [3.05, 3.63) is 53.3 Å². The number of aromatic nitrogens is 2. The number of nitrogens with zero attached hydrogens (tertiary/aromatic N) is 4. The van der Waals surface area contributed by atoms with Crippen molar-refractivity contribution in [1.29, 1.82) is 0 Å². The third-order valence-corrected chi connectivity index (χ3v) is 3.43. The van der Waals surface area contributed by atoms with Gasteiger partial charge in [-0.3, -0.25) is 4.40 Å². The molecule has 0 aliphatic rings. The molecular formula is C16H12N4O5. The Morgan fingerprint density at radius 2 is 1.84 bits per heavy atom. The molecule has 3 aromatic rings. The SMILES string of the molecule is Cc1ccn2c(N=Nc3ccc(O)c(C(=O)O)c3)c(C(=O)O)nc2c1. The number of carboxylic acid groups (broad SMARTS) is 2. The first-order chi connectivity index (χ1) is 11.9. The topological polar surface area (TPSA) is 137 Å². The minimum atomic E-state index is -1.31. The van der Waals surface area contributed by atoms with Gasteiger partial charge < -0.3 is 15.3 Å². The lowest BCUT2D eigenvalue weighted by atomic mass is 10.2. The van der Waals surface area contributed by atoms with Gasteiger partial charge >= 0.3 is 11.9 Å². The monoisotopic (exact) mass is 340 g/mol. The number of hydrogen-bond donors (Lipinski definition) is 3. The van der Waals surface area contributed by atoms with Gasteiger partial charge in [-0.2, -0.15) is 0 Å². The molecule has 0 spiro atoms. The van der Waals surface area contributed by atoms with Crippen molar-refractivity contribution >= 4 is 29.1 Å². The lowest BCUT2D eigenvalue weighted by Gasteiger charge is -2.00. The van der Waals surface area contributed by atoms with E-state index in [9.17, 15) is 19.8 Å². The van der Waals surface area contributed by atoms with Crippen LogP contribution in [0.1, 0.15) is 26.4 Å². The second-order valence-corrected chi connectivity index (χ2v) is 5.23. The Kier molecular flexibility index (Phi) is 3.89. The van der Waals surface area contributed by atoms with Crippen molar-refractivity contribution in [1.82, 2.24) is 9.38 Å². The zero-order valence-corrected chi connectivity index (χ0v) is 12.9. The van der Waals surface area contributed by atoms with Crippen LogP contribution in [0.15, 0.2) is 46.8 Å². The third-order valence-electron chi connectivity index (χ3n) is 3.43. The summed E-state index contributed by atoms with van der Waals surface area (Å²) in [4.78, 5) is 26.4. The van der Waals surface area contributed by atoms with Crippen LogP contribution in [0.25, 0.3) is 5.65 Å². The van der Waals surface area contributed by atoms with Crippen LogP contribution >= 0.6 is 0 Å². The van der Waals surface area contributed by atoms with E-state index in [0.717, 1.165) is 11.6 Å². The number of imidazole rings is 1. The smallest absolute Gasteiger partial charge is 0.358 e. The van der Waals surface area contributed by atoms with Crippen LogP contribution in [-0.2, 0) is 0 Å². The van der Waals surface area contributed by atoms with Gasteiger partial charge in [0, 0.05) is 6.20 Å². The second kappa shape index (κ2) is 6.04. The molecule has 0 aliphatic carbocycles. The summed E-state index contributed by atoms with van der Waals surface area (Å²) in [6.45, 7) is 1.85. The lowest BCUT2D eigenvalue weighted by molar-refractivity contribution is 0.0682. The van der Waals surface area contributed by atoms with Gasteiger partial charge in [0.05, 0.1) is 5.69 Å². The summed E-state index contributed by atoms with van der Waals surface area (Å²) in [5.41, 5.74) is 0.856. The molecule has 0 radical (unpaired) electrons. The normalized spacial score (nSPS) is 11.2. The number of hydrogen-bond acceptors (Lipinski definition) is 6. The van der Waals surface area contributed by atoms with Gasteiger partial charge in [0.2, 0.25) is 0 Å². The Morgan fingerprint density at radius 3 is 2.52 bits per heavy atom. The van der Waals surface area contributed by atoms with Gasteiger partial charge in [-0.15, -0.1) is 10.2 Å². The molecule has 3 rings (SSSR count). The Labute approximate surface area is 140 Å². The van der Waals surface area contributed by atoms with Gasteiger partial charge in [-0.25, -0.2) is 14.6 Å². The van der Waals surface area contributed by atoms with Crippen molar-refractivity contribution in [3.8, 4) is 5.75 Å². The van der Waals surface area contributed by atoms with Crippen molar-refractivity contribution in [3.63, 3.8) is 0 Å². The summed E-state index contributed by atoms with van der Waals surface area (Å²) in [6.07, 6.45) is 1.62. The van der Waals surface area contributed by atoms with Crippen LogP contribution < -0.4 is 0 Å². The quantitative estimate of drug-likeness (QED) is 0.624. The van der Waals surface area contributed by atoms with E-state index in [1.54, 1.807) is 18.3 Å². The van der Waals surface area contributed by atoms with Gasteiger partial charge in [0.15, 0.2) is 11.5 Å². The fourth-order valence-corrected chi connectivity index (χ4v) is 2.24. The van der Waals surface area contributed by atoms with E-state index in [4.69, 9.17) is 5.11 Å². The molecule has 9 nitrogen and oxygen atoms in total. The molecular weight excluding hydrogens is 328 g/mol. The molecule has 0 atom stereocenters. The minimum Gasteiger partial charge on any atom is -0.507 e. The van der Waals surface area contributed by atoms with Gasteiger partial charge in [0.1, 0.15) is 17.0 Å². The highest BCUT2D eigenvalue weighted by molar-refractivity contribution is 5.92. The van der Waals surface area contributed by atoms with Crippen LogP contribution in [0, 0.1) is 6.92 Å². The Bertz CT molecular complexity index is 1040. The molecule has 0 amide bonds. The zero-order valence-electron chi connectivity index (χ0n) is 12.9. The number of azo groups is 1. The molecule has 2 heterocycles. The zero-order chi connectivity index (χ0) is 18.1. The number of aromatic hydroxyl groups is 1. The number of pyridine rings is 1. The minimum absolute atomic E-state index is 0.00690. The predicted molar refractivity (Wildman–Crippen MR) is 86.1 cm³/mol. The number of benzene rings is 1. The molecule has 0 saturated carbocycles. The van der Waals surface area contributed by atoms with E-state index < -0.39 is 17.7 Å². The van der Waals surface area contributed by atoms with E-state index in [0.29, 0.717) is 5.65 Å². The maximum absolute atomic E-state index is 11.4. The molecule has 0 bridgehead atoms. The summed E-state index contributed by atoms with van der Waals surface area (Å²) >= 11 is 0. The lowest BCUT2D eigenvalue weighted by Crippen LogP contribution is -1.96. The van der Waals surface area contributed by atoms with Crippen LogP contribution in [-0.4, -0.2) is 36.6 Å². The number of carboxylic acids is 2. The molecule has 2 aromatic heterocycles. The van der Waals surface area contributed by atoms with Gasteiger partial charge in [-0.1, -0.05) is 0 Å². The highest BCUT2D eigenvalue weighted by Crippen LogP contribution is 2.27. The van der Waals surface area contributed by atoms with E-state index in [2.05, 4.69) is 15.2 Å². The number of aromatic carboxylic acids is 2. The average molecular weight is 340 g/mol. The average Bonchev–Trinajstić information content (AvgIpc) is 2.91. The van der Waals surface area contributed by atoms with E-state index in [1.165, 1.54) is 16.5 Å². The molecule has 0 unspecified atom stereocenters. The molecule has 0 saturated heterocycles. The maximum Gasteiger partial charge on any atom is 0.358 e. The first kappa shape index (κ1) is 16.1. The van der Waals surface area contributed by atoms with Crippen LogP contribution in [0.3, 0.4) is 0 Å². The first-order valence-electron chi connectivity index (χ1n) is 7.07. The fourth-order valence-electron chi connectivity index (χ4n) is 2.24. The number of rotatable bonds is 4. The Hall–Kier alpha value is -3.75. The Balaban J connectivity index is 2.10. The largest absolute Gasteiger partial charge is 0.507 e. The van der Waals surface area contributed by atoms with E-state index in [-0.39, 0.29) is 22.8 Å². The molecule has 9 heteroatoms. The third kappa shape index (κ3) is 3.02. The molecule has 0 aliphatic heterocycles. The summed E-state index contributed by atoms with van der Waals surface area (Å²) in [6, 6.07) is 7.14. The van der Waals surface area contributed by atoms with Crippen LogP contribution in [0.2, 0.25) is 0 Å². The summed E-state index contributed by atoms with van der Waals surface area (Å²) in [5, 5.41) is 35.6. The fraction of sp³-hybridized carbons (Fsp3) is 0.0625. The van der Waals surface area contributed by atoms with Crippen molar-refractivity contribution in [2.75, 3.05) is 0 Å². The number of fused-ring (bicyclic) bond motifs is 1. The van der Waals surface area contributed by atoms with Crippen molar-refractivity contribution < 1.29 is 24.9 Å². The second-order valence-electron chi connectivity index (χ2n) is 5.23. The standard InChI is InChI=1S/C16H12N4O5/c1-8-4-5-20-12(6-8)17-13(16(24)25)14(20)19-18-9-2-3-11(21)10(7-9)15(22)23/h2-7,21H,1H3,(H,22,23)(H,24,25). The Morgan fingerprint density at radius 1 is 1.08 bits per heavy atom. The van der Waals surface area contributed by atoms with Gasteiger partial charge in [-0.05, 0) is 42.8 Å². The first-order valence-corrected chi connectivity index (χ1v) is 7.07. The van der Waals surface area contributed by atoms with Crippen LogP contribution in [0.4, 0.5) is 11.5 Å². The van der Waals surface area contributed by atoms with Crippen molar-refractivity contribution in [2.24, 2.45) is 10.2 Å². The summed E-state index contributed by atoms with van der Waals surface area (Å²) < 4.78 is 1.47. The summed E-state index contributed by atoms with van der Waals surface area (Å²) in [7, 11) is 0. The van der Waals surface area contributed by atoms with Crippen LogP contribution in [0.5, 0.6) is 5.75 Å². The number of phenols is 1. The highest BCUT2D eigenvalue weighted by atomic mass is 16.4. The van der Waals surface area contributed by atoms with Gasteiger partial charge in [0.25, 0.3) is 0 Å². The van der Waals surface area contributed by atoms with E-state index >= 15 is 0 Å². The molecule has 0 fully saturated rings. The molecule has 1 aromatic carbocycles. The number of aryl methyl sites for hydroxylation is 1. The maximum atomic E-state index is 11.4. The molecule has 3 N–H and O–H groups in total. The van der Waals surface area contributed by atoms with Crippen molar-refractivity contribution in [2.45, 2.75) is 6.92 Å². The predicted octanol–water partition coefficient (Wildman–Crippen LogP) is 3.16. The molecule has 25 heavy (non-hydrogen) atoms. The number of carbonyl (C=O) groups is 2. The highest BCUT2D eigenvalue weighted by Gasteiger charge is 2.18. The molecule has 126 valence electrons. The van der Waals surface area contributed by atoms with E-state index in [1.807, 2.05) is 6.92 Å².